The van der Waals surface area contributed by atoms with Crippen LogP contribution in [0.4, 0.5) is 5.13 Å². The monoisotopic (exact) mass is 376 g/mol. The molecule has 1 aliphatic rings. The molecule has 1 N–H and O–H groups in total. The lowest BCUT2D eigenvalue weighted by Gasteiger charge is -2.20. The third kappa shape index (κ3) is 4.58. The molecule has 2 heterocycles. The Morgan fingerprint density at radius 2 is 2.12 bits per heavy atom. The molecular weight excluding hydrogens is 356 g/mol. The Morgan fingerprint density at radius 3 is 2.80 bits per heavy atom. The zero-order valence-corrected chi connectivity index (χ0v) is 15.8. The highest BCUT2D eigenvalue weighted by Gasteiger charge is 2.35. The van der Waals surface area contributed by atoms with Crippen molar-refractivity contribution in [1.82, 2.24) is 15.1 Å². The highest BCUT2D eigenvalue weighted by molar-refractivity contribution is 7.98. The number of aromatic nitrogens is 2. The second-order valence-corrected chi connectivity index (χ2v) is 8.24. The first-order valence-electron chi connectivity index (χ1n) is 8.13. The number of benzene rings is 1. The van der Waals surface area contributed by atoms with Gasteiger partial charge in [-0.1, -0.05) is 29.5 Å². The van der Waals surface area contributed by atoms with Crippen LogP contribution in [0.3, 0.4) is 0 Å². The quantitative estimate of drug-likeness (QED) is 0.785. The van der Waals surface area contributed by atoms with E-state index in [-0.39, 0.29) is 30.2 Å². The number of thioether (sulfide) groups is 1. The average Bonchev–Trinajstić information content (AvgIpc) is 3.20. The van der Waals surface area contributed by atoms with Gasteiger partial charge in [-0.15, -0.1) is 22.0 Å². The predicted octanol–water partition coefficient (Wildman–Crippen LogP) is 3.03. The van der Waals surface area contributed by atoms with Crippen molar-refractivity contribution in [3.63, 3.8) is 0 Å². The van der Waals surface area contributed by atoms with Gasteiger partial charge in [0.1, 0.15) is 5.01 Å². The number of nitrogens with one attached hydrogen (secondary N) is 1. The molecule has 1 atom stereocenters. The van der Waals surface area contributed by atoms with Gasteiger partial charge >= 0.3 is 0 Å². The molecule has 6 nitrogen and oxygen atoms in total. The smallest absolute Gasteiger partial charge is 0.231 e. The molecule has 0 saturated carbocycles. The van der Waals surface area contributed by atoms with Crippen LogP contribution in [0.25, 0.3) is 0 Å². The maximum absolute atomic E-state index is 12.4. The lowest BCUT2D eigenvalue weighted by molar-refractivity contribution is -0.129. The van der Waals surface area contributed by atoms with Crippen LogP contribution in [0, 0.1) is 5.92 Å². The molecule has 3 rings (SSSR count). The van der Waals surface area contributed by atoms with E-state index in [0.717, 1.165) is 5.01 Å². The van der Waals surface area contributed by atoms with Crippen LogP contribution >= 0.6 is 23.1 Å². The molecule has 8 heteroatoms. The first-order valence-corrected chi connectivity index (χ1v) is 9.93. The molecule has 1 fully saturated rings. The highest BCUT2D eigenvalue weighted by atomic mass is 32.2. The fourth-order valence-corrected chi connectivity index (χ4v) is 4.29. The SMILES string of the molecule is CC(C)N1C[C@@H](C(=O)Nc2nnc(CSc3ccccc3)s2)CC1=O. The highest BCUT2D eigenvalue weighted by Crippen LogP contribution is 2.27. The average molecular weight is 377 g/mol. The van der Waals surface area contributed by atoms with Crippen LogP contribution in [-0.2, 0) is 15.3 Å². The first-order chi connectivity index (χ1) is 12.0. The van der Waals surface area contributed by atoms with Crippen LogP contribution in [0.1, 0.15) is 25.3 Å². The molecule has 1 saturated heterocycles. The Labute approximate surface area is 155 Å². The summed E-state index contributed by atoms with van der Waals surface area (Å²) >= 11 is 3.05. The summed E-state index contributed by atoms with van der Waals surface area (Å²) in [6, 6.07) is 10.2. The van der Waals surface area contributed by atoms with Crippen LogP contribution in [-0.4, -0.2) is 39.5 Å². The molecule has 0 aliphatic carbocycles. The molecule has 25 heavy (non-hydrogen) atoms. The maximum atomic E-state index is 12.4. The van der Waals surface area contributed by atoms with E-state index in [1.807, 2.05) is 44.2 Å². The Balaban J connectivity index is 1.53. The first kappa shape index (κ1) is 17.9. The van der Waals surface area contributed by atoms with Crippen molar-refractivity contribution in [2.45, 2.75) is 37.0 Å². The summed E-state index contributed by atoms with van der Waals surface area (Å²) in [7, 11) is 0. The zero-order chi connectivity index (χ0) is 17.8. The largest absolute Gasteiger partial charge is 0.339 e. The fourth-order valence-electron chi connectivity index (χ4n) is 2.64. The molecule has 1 aromatic heterocycles. The topological polar surface area (TPSA) is 75.2 Å². The minimum Gasteiger partial charge on any atom is -0.339 e. The van der Waals surface area contributed by atoms with E-state index in [1.54, 1.807) is 16.7 Å². The van der Waals surface area contributed by atoms with Gasteiger partial charge in [-0.2, -0.15) is 0 Å². The number of carbonyl (C=O) groups excluding carboxylic acids is 2. The van der Waals surface area contributed by atoms with Gasteiger partial charge in [-0.05, 0) is 26.0 Å². The summed E-state index contributed by atoms with van der Waals surface area (Å²) in [6.45, 7) is 4.39. The Kier molecular flexibility index (Phi) is 5.70. The van der Waals surface area contributed by atoms with Crippen LogP contribution in [0.2, 0.25) is 0 Å². The number of hydrogen-bond acceptors (Lipinski definition) is 6. The number of carbonyl (C=O) groups is 2. The number of anilines is 1. The number of nitrogens with zero attached hydrogens (tertiary/aromatic N) is 3. The fraction of sp³-hybridized carbons (Fsp3) is 0.412. The van der Waals surface area contributed by atoms with Gasteiger partial charge in [0.05, 0.1) is 11.7 Å². The van der Waals surface area contributed by atoms with E-state index in [9.17, 15) is 9.59 Å². The lowest BCUT2D eigenvalue weighted by Crippen LogP contribution is -2.33. The summed E-state index contributed by atoms with van der Waals surface area (Å²) < 4.78 is 0. The second kappa shape index (κ2) is 7.97. The molecule has 132 valence electrons. The lowest BCUT2D eigenvalue weighted by atomic mass is 10.1. The molecule has 2 amide bonds. The van der Waals surface area contributed by atoms with Gasteiger partial charge in [0.25, 0.3) is 0 Å². The van der Waals surface area contributed by atoms with Crippen molar-refractivity contribution in [1.29, 1.82) is 0 Å². The van der Waals surface area contributed by atoms with Gasteiger partial charge in [0, 0.05) is 23.9 Å². The molecule has 0 unspecified atom stereocenters. The minimum absolute atomic E-state index is 0.0346. The van der Waals surface area contributed by atoms with Gasteiger partial charge in [-0.25, -0.2) is 0 Å². The Bertz CT molecular complexity index is 748. The van der Waals surface area contributed by atoms with E-state index in [1.165, 1.54) is 16.2 Å². The van der Waals surface area contributed by atoms with E-state index in [0.29, 0.717) is 17.4 Å². The summed E-state index contributed by atoms with van der Waals surface area (Å²) in [4.78, 5) is 27.2. The molecule has 0 bridgehead atoms. The van der Waals surface area contributed by atoms with Gasteiger partial charge in [0.15, 0.2) is 0 Å². The molecule has 2 aromatic rings. The summed E-state index contributed by atoms with van der Waals surface area (Å²) in [6.07, 6.45) is 0.263. The zero-order valence-electron chi connectivity index (χ0n) is 14.1. The van der Waals surface area contributed by atoms with Crippen molar-refractivity contribution in [3.05, 3.63) is 35.3 Å². The van der Waals surface area contributed by atoms with Crippen molar-refractivity contribution >= 4 is 40.0 Å². The third-order valence-electron chi connectivity index (χ3n) is 3.96. The van der Waals surface area contributed by atoms with Crippen LogP contribution in [0.15, 0.2) is 35.2 Å². The molecule has 0 radical (unpaired) electrons. The number of rotatable bonds is 6. The molecular formula is C17H20N4O2S2. The van der Waals surface area contributed by atoms with Gasteiger partial charge in [0.2, 0.25) is 16.9 Å². The van der Waals surface area contributed by atoms with Crippen molar-refractivity contribution < 1.29 is 9.59 Å². The minimum atomic E-state index is -0.319. The molecule has 0 spiro atoms. The normalized spacial score (nSPS) is 17.3. The van der Waals surface area contributed by atoms with E-state index in [4.69, 9.17) is 0 Å². The standard InChI is InChI=1S/C17H20N4O2S2/c1-11(2)21-9-12(8-15(21)22)16(23)18-17-20-19-14(25-17)10-24-13-6-4-3-5-7-13/h3-7,11-12H,8-10H2,1-2H3,(H,18,20,23)/t12-/m0/s1. The van der Waals surface area contributed by atoms with Gasteiger partial charge < -0.3 is 10.2 Å². The van der Waals surface area contributed by atoms with Gasteiger partial charge in [-0.3, -0.25) is 9.59 Å². The van der Waals surface area contributed by atoms with Crippen LogP contribution < -0.4 is 5.32 Å². The maximum Gasteiger partial charge on any atom is 0.231 e. The van der Waals surface area contributed by atoms with Crippen LogP contribution in [0.5, 0.6) is 0 Å². The second-order valence-electron chi connectivity index (χ2n) is 6.13. The Hall–Kier alpha value is -1.93. The summed E-state index contributed by atoms with van der Waals surface area (Å²) in [5.41, 5.74) is 0. The van der Waals surface area contributed by atoms with Crippen molar-refractivity contribution in [2.24, 2.45) is 5.92 Å². The van der Waals surface area contributed by atoms with Crippen molar-refractivity contribution in [3.8, 4) is 0 Å². The van der Waals surface area contributed by atoms with Crippen molar-refractivity contribution in [2.75, 3.05) is 11.9 Å². The van der Waals surface area contributed by atoms with E-state index < -0.39 is 0 Å². The predicted molar refractivity (Wildman–Crippen MR) is 99.5 cm³/mol. The van der Waals surface area contributed by atoms with E-state index >= 15 is 0 Å². The molecule has 1 aromatic carbocycles. The summed E-state index contributed by atoms with van der Waals surface area (Å²) in [5.74, 6) is 0.267. The Morgan fingerprint density at radius 1 is 1.36 bits per heavy atom. The number of hydrogen-bond donors (Lipinski definition) is 1. The number of amides is 2. The van der Waals surface area contributed by atoms with E-state index in [2.05, 4.69) is 15.5 Å². The number of likely N-dealkylation sites (tertiary alicyclic amines) is 1. The molecule has 1 aliphatic heterocycles. The summed E-state index contributed by atoms with van der Waals surface area (Å²) in [5, 5.41) is 12.3. The third-order valence-corrected chi connectivity index (χ3v) is 6.00.